The number of nitrogens with one attached hydrogen (secondary N) is 1. The van der Waals surface area contributed by atoms with Gasteiger partial charge in [-0.2, -0.15) is 0 Å². The Bertz CT molecular complexity index is 63.4. The first-order valence-corrected chi connectivity index (χ1v) is 3.92. The maximum absolute atomic E-state index is 5.17. The molecule has 0 spiro atoms. The van der Waals surface area contributed by atoms with Gasteiger partial charge < -0.3 is 4.74 Å². The van der Waals surface area contributed by atoms with Gasteiger partial charge in [0.05, 0.1) is 6.61 Å². The van der Waals surface area contributed by atoms with Crippen LogP contribution in [0.2, 0.25) is 0 Å². The molecule has 0 bridgehead atoms. The second kappa shape index (κ2) is 3.63. The predicted octanol–water partition coefficient (Wildman–Crippen LogP) is 0.963. The molecule has 1 saturated heterocycles. The molecule has 1 rings (SSSR count). The van der Waals surface area contributed by atoms with Crippen LogP contribution in [0, 0.1) is 5.92 Å². The first-order valence-electron chi connectivity index (χ1n) is 2.84. The Hall–Kier alpha value is 0.650. The first kappa shape index (κ1) is 6.77. The van der Waals surface area contributed by atoms with E-state index in [9.17, 15) is 0 Å². The normalized spacial score (nSPS) is 28.9. The minimum absolute atomic E-state index is 0.770. The molecule has 0 aromatic heterocycles. The number of hydrogen-bond donors (Lipinski definition) is 1. The van der Waals surface area contributed by atoms with Crippen molar-refractivity contribution in [2.75, 3.05) is 19.8 Å². The van der Waals surface area contributed by atoms with Crippen molar-refractivity contribution in [3.05, 3.63) is 0 Å². The standard InChI is InChI=1S/C5H10INO/c6-7-3-5-1-2-8-4-5/h5,7H,1-4H2. The van der Waals surface area contributed by atoms with Crippen molar-refractivity contribution in [2.45, 2.75) is 6.42 Å². The molecule has 0 amide bonds. The minimum Gasteiger partial charge on any atom is -0.381 e. The molecule has 0 aromatic carbocycles. The summed E-state index contributed by atoms with van der Waals surface area (Å²) < 4.78 is 8.27. The van der Waals surface area contributed by atoms with Crippen LogP contribution >= 0.6 is 22.9 Å². The average Bonchev–Trinajstić information content (AvgIpc) is 2.19. The van der Waals surface area contributed by atoms with Gasteiger partial charge in [0, 0.05) is 36.0 Å². The molecule has 1 heterocycles. The van der Waals surface area contributed by atoms with E-state index in [1.807, 2.05) is 0 Å². The van der Waals surface area contributed by atoms with Gasteiger partial charge in [0.25, 0.3) is 0 Å². The maximum Gasteiger partial charge on any atom is 0.0507 e. The Labute approximate surface area is 63.5 Å². The number of halogens is 1. The summed E-state index contributed by atoms with van der Waals surface area (Å²) in [6, 6.07) is 0. The minimum atomic E-state index is 0.770. The largest absolute Gasteiger partial charge is 0.381 e. The predicted molar refractivity (Wildman–Crippen MR) is 40.9 cm³/mol. The zero-order valence-corrected chi connectivity index (χ0v) is 6.85. The van der Waals surface area contributed by atoms with Crippen LogP contribution in [-0.4, -0.2) is 19.8 Å². The molecule has 1 atom stereocenters. The highest BCUT2D eigenvalue weighted by Gasteiger charge is 2.13. The van der Waals surface area contributed by atoms with E-state index >= 15 is 0 Å². The van der Waals surface area contributed by atoms with E-state index in [0.29, 0.717) is 0 Å². The van der Waals surface area contributed by atoms with Gasteiger partial charge in [-0.15, -0.1) is 0 Å². The van der Waals surface area contributed by atoms with Gasteiger partial charge in [-0.25, -0.2) is 0 Å². The topological polar surface area (TPSA) is 21.3 Å². The van der Waals surface area contributed by atoms with Crippen LogP contribution < -0.4 is 3.53 Å². The molecule has 0 aliphatic carbocycles. The molecule has 1 aliphatic heterocycles. The van der Waals surface area contributed by atoms with Crippen LogP contribution in [0.4, 0.5) is 0 Å². The molecule has 0 radical (unpaired) electrons. The Kier molecular flexibility index (Phi) is 3.07. The lowest BCUT2D eigenvalue weighted by Crippen LogP contribution is -2.13. The third-order valence-corrected chi connectivity index (χ3v) is 1.83. The van der Waals surface area contributed by atoms with Gasteiger partial charge in [0.15, 0.2) is 0 Å². The SMILES string of the molecule is INCC1CCOC1. The van der Waals surface area contributed by atoms with E-state index in [1.54, 1.807) is 0 Å². The van der Waals surface area contributed by atoms with Crippen LogP contribution in [-0.2, 0) is 4.74 Å². The lowest BCUT2D eigenvalue weighted by Gasteiger charge is -2.01. The highest BCUT2D eigenvalue weighted by molar-refractivity contribution is 14.1. The molecule has 2 nitrogen and oxygen atoms in total. The highest BCUT2D eigenvalue weighted by atomic mass is 127. The third-order valence-electron chi connectivity index (χ3n) is 1.39. The summed E-state index contributed by atoms with van der Waals surface area (Å²) in [6.07, 6.45) is 1.23. The molecule has 1 N–H and O–H groups in total. The van der Waals surface area contributed by atoms with E-state index in [-0.39, 0.29) is 0 Å². The maximum atomic E-state index is 5.17. The van der Waals surface area contributed by atoms with Crippen LogP contribution in [0.3, 0.4) is 0 Å². The van der Waals surface area contributed by atoms with Gasteiger partial charge in [-0.3, -0.25) is 3.53 Å². The summed E-state index contributed by atoms with van der Waals surface area (Å²) in [5, 5.41) is 0. The molecular weight excluding hydrogens is 217 g/mol. The van der Waals surface area contributed by atoms with E-state index in [1.165, 1.54) is 6.42 Å². The summed E-state index contributed by atoms with van der Waals surface area (Å²) in [7, 11) is 0. The second-order valence-corrected chi connectivity index (χ2v) is 2.83. The first-order chi connectivity index (χ1) is 3.93. The molecule has 48 valence electrons. The highest BCUT2D eigenvalue weighted by Crippen LogP contribution is 2.10. The Balaban J connectivity index is 2.06. The van der Waals surface area contributed by atoms with Crippen LogP contribution in [0.5, 0.6) is 0 Å². The van der Waals surface area contributed by atoms with Crippen molar-refractivity contribution >= 4 is 22.9 Å². The fourth-order valence-corrected chi connectivity index (χ4v) is 1.48. The van der Waals surface area contributed by atoms with Crippen LogP contribution in [0.15, 0.2) is 0 Å². The molecule has 0 aromatic rings. The van der Waals surface area contributed by atoms with Gasteiger partial charge in [-0.1, -0.05) is 0 Å². The molecule has 1 fully saturated rings. The average molecular weight is 227 g/mol. The molecule has 1 aliphatic rings. The monoisotopic (exact) mass is 227 g/mol. The van der Waals surface area contributed by atoms with Gasteiger partial charge in [0.2, 0.25) is 0 Å². The van der Waals surface area contributed by atoms with Crippen LogP contribution in [0.25, 0.3) is 0 Å². The number of ether oxygens (including phenoxy) is 1. The smallest absolute Gasteiger partial charge is 0.0507 e. The van der Waals surface area contributed by atoms with Crippen molar-refractivity contribution in [3.8, 4) is 0 Å². The quantitative estimate of drug-likeness (QED) is 0.560. The van der Waals surface area contributed by atoms with Crippen molar-refractivity contribution in [3.63, 3.8) is 0 Å². The Morgan fingerprint density at radius 3 is 3.12 bits per heavy atom. The van der Waals surface area contributed by atoms with Gasteiger partial charge in [-0.05, 0) is 12.3 Å². The van der Waals surface area contributed by atoms with Crippen LogP contribution in [0.1, 0.15) is 6.42 Å². The summed E-state index contributed by atoms with van der Waals surface area (Å²) >= 11 is 2.17. The molecule has 3 heteroatoms. The fourth-order valence-electron chi connectivity index (χ4n) is 0.853. The summed E-state index contributed by atoms with van der Waals surface area (Å²) in [4.78, 5) is 0. The van der Waals surface area contributed by atoms with E-state index in [4.69, 9.17) is 4.74 Å². The third kappa shape index (κ3) is 1.87. The van der Waals surface area contributed by atoms with Crippen molar-refractivity contribution in [1.29, 1.82) is 0 Å². The summed E-state index contributed by atoms with van der Waals surface area (Å²) in [5.41, 5.74) is 0. The lowest BCUT2D eigenvalue weighted by molar-refractivity contribution is 0.186. The fraction of sp³-hybridized carbons (Fsp3) is 1.00. The molecule has 1 unspecified atom stereocenters. The van der Waals surface area contributed by atoms with E-state index < -0.39 is 0 Å². The Morgan fingerprint density at radius 1 is 1.75 bits per heavy atom. The summed E-state index contributed by atoms with van der Waals surface area (Å²) in [5.74, 6) is 0.770. The van der Waals surface area contributed by atoms with Crippen molar-refractivity contribution in [2.24, 2.45) is 5.92 Å². The second-order valence-electron chi connectivity index (χ2n) is 2.07. The summed E-state index contributed by atoms with van der Waals surface area (Å²) in [6.45, 7) is 3.01. The molecular formula is C5H10INO. The van der Waals surface area contributed by atoms with Crippen molar-refractivity contribution in [1.82, 2.24) is 3.53 Å². The van der Waals surface area contributed by atoms with Crippen molar-refractivity contribution < 1.29 is 4.74 Å². The molecule has 0 saturated carbocycles. The van der Waals surface area contributed by atoms with E-state index in [0.717, 1.165) is 25.7 Å². The zero-order chi connectivity index (χ0) is 5.82. The Morgan fingerprint density at radius 2 is 2.62 bits per heavy atom. The number of hydrogen-bond acceptors (Lipinski definition) is 2. The van der Waals surface area contributed by atoms with Gasteiger partial charge in [0.1, 0.15) is 0 Å². The zero-order valence-electron chi connectivity index (χ0n) is 4.69. The number of rotatable bonds is 2. The van der Waals surface area contributed by atoms with Gasteiger partial charge >= 0.3 is 0 Å². The molecule has 8 heavy (non-hydrogen) atoms. The van der Waals surface area contributed by atoms with E-state index in [2.05, 4.69) is 26.4 Å². The lowest BCUT2D eigenvalue weighted by atomic mass is 10.1.